The standard InChI is InChI=1S/C16H26N4O/c1-14-11-15(13-18-12-14)16(21)20-8-4-7-19(9-10-20)6-3-2-5-17/h11-13H,2-10,17H2,1H3. The zero-order chi connectivity index (χ0) is 15.1. The van der Waals surface area contributed by atoms with Gasteiger partial charge in [0.2, 0.25) is 0 Å². The van der Waals surface area contributed by atoms with Crippen molar-refractivity contribution in [2.75, 3.05) is 39.3 Å². The number of nitrogens with two attached hydrogens (primary N) is 1. The summed E-state index contributed by atoms with van der Waals surface area (Å²) in [6, 6.07) is 1.92. The van der Waals surface area contributed by atoms with E-state index in [0.29, 0.717) is 5.56 Å². The lowest BCUT2D eigenvalue weighted by molar-refractivity contribution is 0.0761. The van der Waals surface area contributed by atoms with Crippen LogP contribution in [0, 0.1) is 6.92 Å². The van der Waals surface area contributed by atoms with Crippen molar-refractivity contribution in [1.29, 1.82) is 0 Å². The fourth-order valence-electron chi connectivity index (χ4n) is 2.73. The van der Waals surface area contributed by atoms with Crippen LogP contribution in [0.3, 0.4) is 0 Å². The van der Waals surface area contributed by atoms with Gasteiger partial charge in [-0.2, -0.15) is 0 Å². The SMILES string of the molecule is Cc1cncc(C(=O)N2CCCN(CCCCN)CC2)c1. The third-order valence-electron chi connectivity index (χ3n) is 3.93. The Morgan fingerprint density at radius 2 is 2.10 bits per heavy atom. The van der Waals surface area contributed by atoms with E-state index < -0.39 is 0 Å². The lowest BCUT2D eigenvalue weighted by Crippen LogP contribution is -2.35. The predicted molar refractivity (Wildman–Crippen MR) is 84.2 cm³/mol. The van der Waals surface area contributed by atoms with Gasteiger partial charge in [0.1, 0.15) is 0 Å². The molecule has 0 spiro atoms. The molecule has 0 unspecified atom stereocenters. The van der Waals surface area contributed by atoms with E-state index in [0.717, 1.165) is 64.1 Å². The van der Waals surface area contributed by atoms with Crippen molar-refractivity contribution in [2.24, 2.45) is 5.73 Å². The van der Waals surface area contributed by atoms with Crippen LogP contribution in [0.15, 0.2) is 18.5 Å². The summed E-state index contributed by atoms with van der Waals surface area (Å²) < 4.78 is 0. The highest BCUT2D eigenvalue weighted by atomic mass is 16.2. The number of aryl methyl sites for hydroxylation is 1. The Balaban J connectivity index is 1.89. The van der Waals surface area contributed by atoms with Gasteiger partial charge in [-0.1, -0.05) is 0 Å². The van der Waals surface area contributed by atoms with E-state index in [1.807, 2.05) is 17.9 Å². The van der Waals surface area contributed by atoms with Crippen molar-refractivity contribution in [3.63, 3.8) is 0 Å². The molecule has 1 amide bonds. The van der Waals surface area contributed by atoms with Gasteiger partial charge in [-0.25, -0.2) is 0 Å². The summed E-state index contributed by atoms with van der Waals surface area (Å²) in [6.45, 7) is 7.47. The van der Waals surface area contributed by atoms with Gasteiger partial charge in [-0.3, -0.25) is 9.78 Å². The molecule has 5 nitrogen and oxygen atoms in total. The van der Waals surface area contributed by atoms with Crippen LogP contribution in [-0.4, -0.2) is 60.0 Å². The fraction of sp³-hybridized carbons (Fsp3) is 0.625. The molecule has 1 aromatic rings. The monoisotopic (exact) mass is 290 g/mol. The quantitative estimate of drug-likeness (QED) is 0.830. The summed E-state index contributed by atoms with van der Waals surface area (Å²) >= 11 is 0. The van der Waals surface area contributed by atoms with Gasteiger partial charge in [0.15, 0.2) is 0 Å². The van der Waals surface area contributed by atoms with Gasteiger partial charge in [0.05, 0.1) is 5.56 Å². The Bertz CT molecular complexity index is 463. The van der Waals surface area contributed by atoms with Crippen LogP contribution in [0.25, 0.3) is 0 Å². The molecule has 0 saturated carbocycles. The average Bonchev–Trinajstić information content (AvgIpc) is 2.72. The number of unbranched alkanes of at least 4 members (excludes halogenated alkanes) is 1. The number of carbonyl (C=O) groups is 1. The molecule has 0 bridgehead atoms. The molecule has 1 aliphatic heterocycles. The van der Waals surface area contributed by atoms with E-state index in [4.69, 9.17) is 5.73 Å². The highest BCUT2D eigenvalue weighted by Crippen LogP contribution is 2.10. The van der Waals surface area contributed by atoms with Crippen molar-refractivity contribution in [2.45, 2.75) is 26.2 Å². The Hall–Kier alpha value is -1.46. The van der Waals surface area contributed by atoms with Crippen LogP contribution in [0.5, 0.6) is 0 Å². The van der Waals surface area contributed by atoms with E-state index in [1.54, 1.807) is 12.4 Å². The molecule has 116 valence electrons. The van der Waals surface area contributed by atoms with Gasteiger partial charge in [0.25, 0.3) is 5.91 Å². The smallest absolute Gasteiger partial charge is 0.255 e. The first-order valence-corrected chi connectivity index (χ1v) is 7.84. The fourth-order valence-corrected chi connectivity index (χ4v) is 2.73. The Kier molecular flexibility index (Phi) is 6.14. The van der Waals surface area contributed by atoms with Gasteiger partial charge in [-0.15, -0.1) is 0 Å². The van der Waals surface area contributed by atoms with Gasteiger partial charge < -0.3 is 15.5 Å². The lowest BCUT2D eigenvalue weighted by atomic mass is 10.2. The molecular weight excluding hydrogens is 264 g/mol. The molecule has 0 atom stereocenters. The van der Waals surface area contributed by atoms with Crippen molar-refractivity contribution in [3.05, 3.63) is 29.6 Å². The average molecular weight is 290 g/mol. The third kappa shape index (κ3) is 4.79. The highest BCUT2D eigenvalue weighted by molar-refractivity contribution is 5.94. The second-order valence-electron chi connectivity index (χ2n) is 5.73. The van der Waals surface area contributed by atoms with Crippen LogP contribution in [-0.2, 0) is 0 Å². The van der Waals surface area contributed by atoms with E-state index in [9.17, 15) is 4.79 Å². The molecule has 21 heavy (non-hydrogen) atoms. The number of rotatable bonds is 5. The van der Waals surface area contributed by atoms with E-state index in [-0.39, 0.29) is 5.91 Å². The maximum atomic E-state index is 12.5. The first-order valence-electron chi connectivity index (χ1n) is 7.84. The maximum Gasteiger partial charge on any atom is 0.255 e. The Labute approximate surface area is 127 Å². The molecule has 0 aliphatic carbocycles. The van der Waals surface area contributed by atoms with Gasteiger partial charge in [0, 0.05) is 32.0 Å². The third-order valence-corrected chi connectivity index (χ3v) is 3.93. The zero-order valence-electron chi connectivity index (χ0n) is 12.9. The minimum Gasteiger partial charge on any atom is -0.337 e. The second kappa shape index (κ2) is 8.10. The Morgan fingerprint density at radius 3 is 2.86 bits per heavy atom. The maximum absolute atomic E-state index is 12.5. The Morgan fingerprint density at radius 1 is 1.24 bits per heavy atom. The summed E-state index contributed by atoms with van der Waals surface area (Å²) in [5.41, 5.74) is 7.26. The number of carbonyl (C=O) groups excluding carboxylic acids is 1. The molecule has 5 heteroatoms. The van der Waals surface area contributed by atoms with Gasteiger partial charge >= 0.3 is 0 Å². The number of nitrogens with zero attached hydrogens (tertiary/aromatic N) is 3. The van der Waals surface area contributed by atoms with Crippen molar-refractivity contribution in [1.82, 2.24) is 14.8 Å². The topological polar surface area (TPSA) is 62.5 Å². The van der Waals surface area contributed by atoms with Crippen LogP contribution in [0.1, 0.15) is 35.2 Å². The lowest BCUT2D eigenvalue weighted by Gasteiger charge is -2.22. The van der Waals surface area contributed by atoms with E-state index >= 15 is 0 Å². The van der Waals surface area contributed by atoms with Crippen molar-refractivity contribution in [3.8, 4) is 0 Å². The van der Waals surface area contributed by atoms with Crippen molar-refractivity contribution < 1.29 is 4.79 Å². The molecule has 1 fully saturated rings. The molecule has 2 rings (SSSR count). The summed E-state index contributed by atoms with van der Waals surface area (Å²) in [7, 11) is 0. The first kappa shape index (κ1) is 15.9. The molecule has 0 aromatic carbocycles. The minimum absolute atomic E-state index is 0.106. The molecule has 1 aliphatic rings. The first-order chi connectivity index (χ1) is 10.2. The van der Waals surface area contributed by atoms with Gasteiger partial charge in [-0.05, 0) is 57.5 Å². The molecule has 1 saturated heterocycles. The molecule has 2 heterocycles. The summed E-state index contributed by atoms with van der Waals surface area (Å²) in [4.78, 5) is 21.0. The zero-order valence-corrected chi connectivity index (χ0v) is 12.9. The number of hydrogen-bond acceptors (Lipinski definition) is 4. The number of amides is 1. The number of aromatic nitrogens is 1. The molecular formula is C16H26N4O. The van der Waals surface area contributed by atoms with Crippen LogP contribution >= 0.6 is 0 Å². The molecule has 2 N–H and O–H groups in total. The summed E-state index contributed by atoms with van der Waals surface area (Å²) in [6.07, 6.45) is 6.70. The minimum atomic E-state index is 0.106. The second-order valence-corrected chi connectivity index (χ2v) is 5.73. The van der Waals surface area contributed by atoms with Crippen LogP contribution < -0.4 is 5.73 Å². The highest BCUT2D eigenvalue weighted by Gasteiger charge is 2.20. The summed E-state index contributed by atoms with van der Waals surface area (Å²) in [5.74, 6) is 0.106. The molecule has 1 aromatic heterocycles. The molecule has 0 radical (unpaired) electrons. The number of hydrogen-bond donors (Lipinski definition) is 1. The van der Waals surface area contributed by atoms with E-state index in [2.05, 4.69) is 9.88 Å². The predicted octanol–water partition coefficient (Wildman–Crippen LogP) is 1.28. The van der Waals surface area contributed by atoms with Crippen LogP contribution in [0.2, 0.25) is 0 Å². The van der Waals surface area contributed by atoms with Crippen molar-refractivity contribution >= 4 is 5.91 Å². The van der Waals surface area contributed by atoms with Crippen LogP contribution in [0.4, 0.5) is 0 Å². The number of pyridine rings is 1. The van der Waals surface area contributed by atoms with E-state index in [1.165, 1.54) is 0 Å². The normalized spacial score (nSPS) is 16.8. The summed E-state index contributed by atoms with van der Waals surface area (Å²) in [5, 5.41) is 0. The largest absolute Gasteiger partial charge is 0.337 e.